The molecule has 0 aliphatic carbocycles. The number of allylic oxidation sites excluding steroid dienone is 1. The van der Waals surface area contributed by atoms with Crippen molar-refractivity contribution in [1.29, 1.82) is 0 Å². The summed E-state index contributed by atoms with van der Waals surface area (Å²) in [5.74, 6) is -0.993. The molecule has 0 aromatic rings. The predicted octanol–water partition coefficient (Wildman–Crippen LogP) is 0.880. The summed E-state index contributed by atoms with van der Waals surface area (Å²) >= 11 is 0. The number of aliphatic carboxylic acids is 1. The molecule has 0 bridgehead atoms. The number of rotatable bonds is 3. The molecule has 0 spiro atoms. The maximum atomic E-state index is 10.2. The van der Waals surface area contributed by atoms with Gasteiger partial charge in [-0.2, -0.15) is 0 Å². The lowest BCUT2D eigenvalue weighted by Gasteiger charge is -1.89. The van der Waals surface area contributed by atoms with Gasteiger partial charge in [0.2, 0.25) is 0 Å². The van der Waals surface area contributed by atoms with E-state index in [1.165, 1.54) is 6.08 Å². The number of carbonyl (C=O) groups is 1. The van der Waals surface area contributed by atoms with Crippen LogP contribution in [0.3, 0.4) is 0 Å². The number of carboxylic acid groups (broad SMARTS) is 1. The molecule has 0 saturated heterocycles. The molecule has 0 amide bonds. The maximum absolute atomic E-state index is 10.2. The number of carboxylic acids is 1. The number of hydrogen-bond acceptors (Lipinski definition) is 2. The summed E-state index contributed by atoms with van der Waals surface area (Å²) in [5, 5.41) is 8.40. The van der Waals surface area contributed by atoms with E-state index in [9.17, 15) is 4.79 Å². The third kappa shape index (κ3) is 2.91. The van der Waals surface area contributed by atoms with Crippen LogP contribution in [0, 0.1) is 0 Å². The lowest BCUT2D eigenvalue weighted by molar-refractivity contribution is -0.132. The van der Waals surface area contributed by atoms with E-state index in [1.807, 2.05) is 6.92 Å². The molecule has 0 fully saturated rings. The van der Waals surface area contributed by atoms with Crippen molar-refractivity contribution in [1.82, 2.24) is 0 Å². The first-order chi connectivity index (χ1) is 4.72. The Morgan fingerprint density at radius 1 is 1.70 bits per heavy atom. The standard InChI is InChI=1S/C7H11NO2/c1-2-3-4-6(5-8)7(9)10/h3-5H,2,8H2,1H3,(H,9,10)/b4-3-,6-5+. The van der Waals surface area contributed by atoms with Gasteiger partial charge in [-0.1, -0.05) is 19.1 Å². The Morgan fingerprint density at radius 3 is 2.60 bits per heavy atom. The van der Waals surface area contributed by atoms with Gasteiger partial charge in [0.25, 0.3) is 0 Å². The van der Waals surface area contributed by atoms with Crippen molar-refractivity contribution in [3.63, 3.8) is 0 Å². The van der Waals surface area contributed by atoms with Crippen molar-refractivity contribution in [3.8, 4) is 0 Å². The predicted molar refractivity (Wildman–Crippen MR) is 39.3 cm³/mol. The van der Waals surface area contributed by atoms with Gasteiger partial charge >= 0.3 is 5.97 Å². The highest BCUT2D eigenvalue weighted by molar-refractivity contribution is 5.89. The first kappa shape index (κ1) is 8.75. The minimum Gasteiger partial charge on any atom is -0.478 e. The van der Waals surface area contributed by atoms with E-state index in [1.54, 1.807) is 6.08 Å². The quantitative estimate of drug-likeness (QED) is 0.453. The van der Waals surface area contributed by atoms with Gasteiger partial charge in [0.1, 0.15) is 0 Å². The Labute approximate surface area is 59.8 Å². The largest absolute Gasteiger partial charge is 0.478 e. The molecule has 0 unspecified atom stereocenters. The number of hydrogen-bond donors (Lipinski definition) is 2. The first-order valence-electron chi connectivity index (χ1n) is 3.04. The summed E-state index contributed by atoms with van der Waals surface area (Å²) in [6, 6.07) is 0. The van der Waals surface area contributed by atoms with Crippen LogP contribution in [0.2, 0.25) is 0 Å². The molecule has 3 N–H and O–H groups in total. The van der Waals surface area contributed by atoms with Gasteiger partial charge in [0.05, 0.1) is 5.57 Å². The van der Waals surface area contributed by atoms with Gasteiger partial charge < -0.3 is 10.8 Å². The Balaban J connectivity index is 4.12. The molecule has 10 heavy (non-hydrogen) atoms. The van der Waals surface area contributed by atoms with Crippen LogP contribution in [0.1, 0.15) is 13.3 Å². The van der Waals surface area contributed by atoms with E-state index in [-0.39, 0.29) is 5.57 Å². The topological polar surface area (TPSA) is 63.3 Å². The molecule has 3 nitrogen and oxygen atoms in total. The fraction of sp³-hybridized carbons (Fsp3) is 0.286. The zero-order valence-corrected chi connectivity index (χ0v) is 5.87. The summed E-state index contributed by atoms with van der Waals surface area (Å²) in [7, 11) is 0. The Kier molecular flexibility index (Phi) is 4.04. The molecular formula is C7H11NO2. The molecule has 0 heterocycles. The highest BCUT2D eigenvalue weighted by Crippen LogP contribution is 1.94. The van der Waals surface area contributed by atoms with Gasteiger partial charge in [0.15, 0.2) is 0 Å². The fourth-order valence-electron chi connectivity index (χ4n) is 0.443. The van der Waals surface area contributed by atoms with Crippen LogP contribution in [-0.4, -0.2) is 11.1 Å². The molecule has 0 rings (SSSR count). The maximum Gasteiger partial charge on any atom is 0.337 e. The van der Waals surface area contributed by atoms with Crippen molar-refractivity contribution in [2.45, 2.75) is 13.3 Å². The second-order valence-corrected chi connectivity index (χ2v) is 1.74. The monoisotopic (exact) mass is 141 g/mol. The lowest BCUT2D eigenvalue weighted by Crippen LogP contribution is -2.00. The summed E-state index contributed by atoms with van der Waals surface area (Å²) < 4.78 is 0. The van der Waals surface area contributed by atoms with Crippen LogP contribution in [-0.2, 0) is 4.79 Å². The Hall–Kier alpha value is -1.25. The molecule has 0 aliphatic rings. The molecule has 0 saturated carbocycles. The zero-order chi connectivity index (χ0) is 7.98. The molecular weight excluding hydrogens is 130 g/mol. The molecule has 0 aromatic heterocycles. The molecule has 0 radical (unpaired) electrons. The van der Waals surface area contributed by atoms with E-state index < -0.39 is 5.97 Å². The van der Waals surface area contributed by atoms with Crippen LogP contribution in [0.25, 0.3) is 0 Å². The second kappa shape index (κ2) is 4.61. The van der Waals surface area contributed by atoms with Crippen LogP contribution in [0.4, 0.5) is 0 Å². The van der Waals surface area contributed by atoms with Crippen molar-refractivity contribution in [2.24, 2.45) is 5.73 Å². The summed E-state index contributed by atoms with van der Waals surface area (Å²) in [4.78, 5) is 10.2. The third-order valence-electron chi connectivity index (χ3n) is 0.960. The fourth-order valence-corrected chi connectivity index (χ4v) is 0.443. The first-order valence-corrected chi connectivity index (χ1v) is 3.04. The second-order valence-electron chi connectivity index (χ2n) is 1.74. The molecule has 56 valence electrons. The smallest absolute Gasteiger partial charge is 0.337 e. The average molecular weight is 141 g/mol. The van der Waals surface area contributed by atoms with E-state index in [0.717, 1.165) is 12.6 Å². The normalized spacial score (nSPS) is 12.3. The minimum absolute atomic E-state index is 0.127. The highest BCUT2D eigenvalue weighted by Gasteiger charge is 1.98. The lowest BCUT2D eigenvalue weighted by atomic mass is 10.2. The average Bonchev–Trinajstić information content (AvgIpc) is 1.89. The van der Waals surface area contributed by atoms with Crippen molar-refractivity contribution < 1.29 is 9.90 Å². The zero-order valence-electron chi connectivity index (χ0n) is 5.87. The van der Waals surface area contributed by atoms with Crippen LogP contribution in [0.5, 0.6) is 0 Å². The molecule has 0 aromatic carbocycles. The van der Waals surface area contributed by atoms with Gasteiger partial charge in [-0.25, -0.2) is 4.79 Å². The Morgan fingerprint density at radius 2 is 2.30 bits per heavy atom. The molecule has 3 heteroatoms. The Bertz CT molecular complexity index is 170. The highest BCUT2D eigenvalue weighted by atomic mass is 16.4. The summed E-state index contributed by atoms with van der Waals surface area (Å²) in [5.41, 5.74) is 5.15. The molecule has 0 atom stereocenters. The van der Waals surface area contributed by atoms with Crippen molar-refractivity contribution >= 4 is 5.97 Å². The van der Waals surface area contributed by atoms with Crippen molar-refractivity contribution in [2.75, 3.05) is 0 Å². The van der Waals surface area contributed by atoms with E-state index >= 15 is 0 Å². The van der Waals surface area contributed by atoms with Gasteiger partial charge in [0, 0.05) is 6.20 Å². The number of nitrogens with two attached hydrogens (primary N) is 1. The van der Waals surface area contributed by atoms with Crippen LogP contribution >= 0.6 is 0 Å². The van der Waals surface area contributed by atoms with Crippen molar-refractivity contribution in [3.05, 3.63) is 23.9 Å². The van der Waals surface area contributed by atoms with Gasteiger partial charge in [-0.3, -0.25) is 0 Å². The molecule has 0 aliphatic heterocycles. The summed E-state index contributed by atoms with van der Waals surface area (Å²) in [6.07, 6.45) is 5.12. The summed E-state index contributed by atoms with van der Waals surface area (Å²) in [6.45, 7) is 1.92. The minimum atomic E-state index is -0.993. The van der Waals surface area contributed by atoms with Crippen LogP contribution in [0.15, 0.2) is 23.9 Å². The SMILES string of the molecule is CC/C=C\C(=C/N)C(=O)O. The third-order valence-corrected chi connectivity index (χ3v) is 0.960. The van der Waals surface area contributed by atoms with Gasteiger partial charge in [-0.15, -0.1) is 0 Å². The van der Waals surface area contributed by atoms with Gasteiger partial charge in [-0.05, 0) is 6.42 Å². The van der Waals surface area contributed by atoms with Crippen LogP contribution < -0.4 is 5.73 Å². The van der Waals surface area contributed by atoms with E-state index in [4.69, 9.17) is 10.8 Å². The van der Waals surface area contributed by atoms with E-state index in [0.29, 0.717) is 0 Å². The van der Waals surface area contributed by atoms with E-state index in [2.05, 4.69) is 0 Å².